The number of halogens is 2. The molecule has 3 rings (SSSR count). The van der Waals surface area contributed by atoms with Crippen LogP contribution in [-0.2, 0) is 0 Å². The molecule has 26 heavy (non-hydrogen) atoms. The molecule has 0 aromatic heterocycles. The molecule has 138 valence electrons. The van der Waals surface area contributed by atoms with Gasteiger partial charge in [0.2, 0.25) is 0 Å². The van der Waals surface area contributed by atoms with E-state index >= 15 is 0 Å². The standard InChI is InChI=1S/C19H21BrClN3OS/c1-2-25-18-6-4-3-5-17(18)23-9-11-24(12-10-23)19(26)22-16-8-7-14(20)13-15(16)21/h3-8,13H,2,9-12H2,1H3,(H,22,26). The second-order valence-electron chi connectivity index (χ2n) is 5.93. The van der Waals surface area contributed by atoms with Crippen molar-refractivity contribution in [3.05, 3.63) is 52.0 Å². The second kappa shape index (κ2) is 8.93. The van der Waals surface area contributed by atoms with Gasteiger partial charge in [0.05, 0.1) is 23.0 Å². The molecule has 1 N–H and O–H groups in total. The molecule has 1 fully saturated rings. The Kier molecular flexibility index (Phi) is 6.62. The second-order valence-corrected chi connectivity index (χ2v) is 7.64. The molecule has 1 heterocycles. The van der Waals surface area contributed by atoms with Crippen LogP contribution in [0.15, 0.2) is 46.9 Å². The average Bonchev–Trinajstić information content (AvgIpc) is 2.65. The first kappa shape index (κ1) is 19.3. The lowest BCUT2D eigenvalue weighted by Crippen LogP contribution is -2.50. The lowest BCUT2D eigenvalue weighted by Gasteiger charge is -2.38. The van der Waals surface area contributed by atoms with Gasteiger partial charge in [-0.05, 0) is 49.5 Å². The quantitative estimate of drug-likeness (QED) is 0.655. The maximum atomic E-state index is 6.27. The number of rotatable bonds is 4. The van der Waals surface area contributed by atoms with Crippen molar-refractivity contribution in [2.24, 2.45) is 0 Å². The largest absolute Gasteiger partial charge is 0.492 e. The Morgan fingerprint density at radius 1 is 1.19 bits per heavy atom. The summed E-state index contributed by atoms with van der Waals surface area (Å²) in [7, 11) is 0. The molecule has 0 amide bonds. The van der Waals surface area contributed by atoms with Gasteiger partial charge < -0.3 is 19.9 Å². The van der Waals surface area contributed by atoms with Crippen LogP contribution in [-0.4, -0.2) is 42.8 Å². The number of thiocarbonyl (C=S) groups is 1. The Balaban J connectivity index is 1.60. The molecule has 0 atom stereocenters. The van der Waals surface area contributed by atoms with Gasteiger partial charge in [-0.25, -0.2) is 0 Å². The van der Waals surface area contributed by atoms with Crippen LogP contribution in [0.3, 0.4) is 0 Å². The Morgan fingerprint density at radius 2 is 1.92 bits per heavy atom. The fourth-order valence-corrected chi connectivity index (χ4v) is 3.94. The number of anilines is 2. The van der Waals surface area contributed by atoms with Crippen LogP contribution in [0.25, 0.3) is 0 Å². The zero-order valence-corrected chi connectivity index (χ0v) is 17.7. The number of benzene rings is 2. The van der Waals surface area contributed by atoms with Crippen molar-refractivity contribution < 1.29 is 4.74 Å². The third kappa shape index (κ3) is 4.61. The third-order valence-electron chi connectivity index (χ3n) is 4.25. The van der Waals surface area contributed by atoms with Crippen molar-refractivity contribution in [2.45, 2.75) is 6.92 Å². The topological polar surface area (TPSA) is 27.7 Å². The highest BCUT2D eigenvalue weighted by molar-refractivity contribution is 9.10. The minimum Gasteiger partial charge on any atom is -0.492 e. The van der Waals surface area contributed by atoms with Crippen LogP contribution in [0.2, 0.25) is 5.02 Å². The first-order chi connectivity index (χ1) is 12.6. The maximum Gasteiger partial charge on any atom is 0.173 e. The molecule has 0 saturated carbocycles. The van der Waals surface area contributed by atoms with E-state index < -0.39 is 0 Å². The lowest BCUT2D eigenvalue weighted by atomic mass is 10.2. The number of hydrogen-bond donors (Lipinski definition) is 1. The van der Waals surface area contributed by atoms with E-state index in [1.54, 1.807) is 0 Å². The summed E-state index contributed by atoms with van der Waals surface area (Å²) in [5, 5.41) is 4.60. The molecule has 0 aliphatic carbocycles. The summed E-state index contributed by atoms with van der Waals surface area (Å²) in [5.74, 6) is 0.936. The van der Waals surface area contributed by atoms with Gasteiger partial charge in [-0.2, -0.15) is 0 Å². The summed E-state index contributed by atoms with van der Waals surface area (Å²) >= 11 is 15.3. The lowest BCUT2D eigenvalue weighted by molar-refractivity contribution is 0.336. The molecule has 0 bridgehead atoms. The smallest absolute Gasteiger partial charge is 0.173 e. The maximum absolute atomic E-state index is 6.27. The predicted octanol–water partition coefficient (Wildman–Crippen LogP) is 5.02. The summed E-state index contributed by atoms with van der Waals surface area (Å²) in [6, 6.07) is 13.9. The minimum absolute atomic E-state index is 0.644. The van der Waals surface area contributed by atoms with Crippen molar-refractivity contribution in [2.75, 3.05) is 43.0 Å². The normalized spacial score (nSPS) is 14.3. The first-order valence-electron chi connectivity index (χ1n) is 8.56. The highest BCUT2D eigenvalue weighted by atomic mass is 79.9. The molecule has 1 aliphatic rings. The number of nitrogens with one attached hydrogen (secondary N) is 1. The van der Waals surface area contributed by atoms with E-state index in [-0.39, 0.29) is 0 Å². The van der Waals surface area contributed by atoms with Crippen LogP contribution < -0.4 is 15.0 Å². The van der Waals surface area contributed by atoms with Gasteiger partial charge in [-0.3, -0.25) is 0 Å². The van der Waals surface area contributed by atoms with Crippen molar-refractivity contribution in [3.8, 4) is 5.75 Å². The molecule has 2 aromatic rings. The summed E-state index contributed by atoms with van der Waals surface area (Å²) in [4.78, 5) is 4.52. The van der Waals surface area contributed by atoms with E-state index in [2.05, 4.69) is 37.1 Å². The highest BCUT2D eigenvalue weighted by Crippen LogP contribution is 2.29. The molecule has 2 aromatic carbocycles. The Morgan fingerprint density at radius 3 is 2.62 bits per heavy atom. The summed E-state index contributed by atoms with van der Waals surface area (Å²) < 4.78 is 6.70. The van der Waals surface area contributed by atoms with Crippen molar-refractivity contribution >= 4 is 56.2 Å². The predicted molar refractivity (Wildman–Crippen MR) is 117 cm³/mol. The Hall–Kier alpha value is -1.50. The van der Waals surface area contributed by atoms with Gasteiger partial charge in [-0.15, -0.1) is 0 Å². The molecular formula is C19H21BrClN3OS. The van der Waals surface area contributed by atoms with Crippen LogP contribution >= 0.6 is 39.7 Å². The molecule has 7 heteroatoms. The molecule has 1 saturated heterocycles. The highest BCUT2D eigenvalue weighted by Gasteiger charge is 2.21. The zero-order chi connectivity index (χ0) is 18.5. The number of hydrogen-bond acceptors (Lipinski definition) is 3. The van der Waals surface area contributed by atoms with Crippen molar-refractivity contribution in [1.29, 1.82) is 0 Å². The van der Waals surface area contributed by atoms with Gasteiger partial charge in [0.15, 0.2) is 5.11 Å². The van der Waals surface area contributed by atoms with E-state index in [9.17, 15) is 0 Å². The molecule has 0 spiro atoms. The SMILES string of the molecule is CCOc1ccccc1N1CCN(C(=S)Nc2ccc(Br)cc2Cl)CC1. The van der Waals surface area contributed by atoms with Crippen LogP contribution in [0.1, 0.15) is 6.92 Å². The van der Waals surface area contributed by atoms with E-state index in [0.717, 1.165) is 47.8 Å². The number of ether oxygens (including phenoxy) is 1. The van der Waals surface area contributed by atoms with E-state index in [4.69, 9.17) is 28.6 Å². The summed E-state index contributed by atoms with van der Waals surface area (Å²) in [6.45, 7) is 6.14. The van der Waals surface area contributed by atoms with E-state index in [1.165, 1.54) is 0 Å². The summed E-state index contributed by atoms with van der Waals surface area (Å²) in [6.07, 6.45) is 0. The van der Waals surface area contributed by atoms with E-state index in [1.807, 2.05) is 43.3 Å². The van der Waals surface area contributed by atoms with Gasteiger partial charge in [-0.1, -0.05) is 39.7 Å². The van der Waals surface area contributed by atoms with E-state index in [0.29, 0.717) is 16.7 Å². The molecule has 0 radical (unpaired) electrons. The Labute approximate surface area is 173 Å². The molecule has 4 nitrogen and oxygen atoms in total. The monoisotopic (exact) mass is 453 g/mol. The molecule has 1 aliphatic heterocycles. The molecular weight excluding hydrogens is 434 g/mol. The van der Waals surface area contributed by atoms with Gasteiger partial charge >= 0.3 is 0 Å². The summed E-state index contributed by atoms with van der Waals surface area (Å²) in [5.41, 5.74) is 1.97. The van der Waals surface area contributed by atoms with Crippen molar-refractivity contribution in [3.63, 3.8) is 0 Å². The molecule has 0 unspecified atom stereocenters. The fraction of sp³-hybridized carbons (Fsp3) is 0.316. The number of para-hydroxylation sites is 2. The minimum atomic E-state index is 0.644. The fourth-order valence-electron chi connectivity index (χ4n) is 2.93. The first-order valence-corrected chi connectivity index (χ1v) is 10.1. The van der Waals surface area contributed by atoms with Crippen LogP contribution in [0.4, 0.5) is 11.4 Å². The number of nitrogens with zero attached hydrogens (tertiary/aromatic N) is 2. The van der Waals surface area contributed by atoms with Crippen LogP contribution in [0, 0.1) is 0 Å². The van der Waals surface area contributed by atoms with Gasteiger partial charge in [0.1, 0.15) is 5.75 Å². The Bertz CT molecular complexity index is 781. The van der Waals surface area contributed by atoms with Crippen molar-refractivity contribution in [1.82, 2.24) is 4.90 Å². The zero-order valence-electron chi connectivity index (χ0n) is 14.5. The number of piperazine rings is 1. The van der Waals surface area contributed by atoms with Crippen LogP contribution in [0.5, 0.6) is 5.75 Å². The average molecular weight is 455 g/mol. The van der Waals surface area contributed by atoms with Gasteiger partial charge in [0, 0.05) is 30.7 Å². The third-order valence-corrected chi connectivity index (χ3v) is 5.41. The van der Waals surface area contributed by atoms with Gasteiger partial charge in [0.25, 0.3) is 0 Å².